The van der Waals surface area contributed by atoms with Crippen LogP contribution in [0.25, 0.3) is 11.3 Å². The van der Waals surface area contributed by atoms with E-state index < -0.39 is 5.82 Å². The molecule has 1 aliphatic heterocycles. The van der Waals surface area contributed by atoms with E-state index in [1.54, 1.807) is 6.20 Å². The molecule has 0 spiro atoms. The van der Waals surface area contributed by atoms with Crippen molar-refractivity contribution in [1.82, 2.24) is 25.3 Å². The molecule has 10 heteroatoms. The third kappa shape index (κ3) is 3.55. The van der Waals surface area contributed by atoms with Crippen molar-refractivity contribution < 1.29 is 18.7 Å². The third-order valence-corrected chi connectivity index (χ3v) is 6.55. The van der Waals surface area contributed by atoms with Crippen LogP contribution in [0.2, 0.25) is 5.28 Å². The van der Waals surface area contributed by atoms with E-state index in [9.17, 15) is 4.79 Å². The van der Waals surface area contributed by atoms with E-state index in [0.29, 0.717) is 41.8 Å². The fourth-order valence-electron chi connectivity index (χ4n) is 4.48. The number of nitrogens with zero attached hydrogens (tertiary/aromatic N) is 3. The lowest BCUT2D eigenvalue weighted by Crippen LogP contribution is -2.34. The Morgan fingerprint density at radius 3 is 2.85 bits per heavy atom. The number of halogens is 2. The van der Waals surface area contributed by atoms with E-state index in [2.05, 4.69) is 25.3 Å². The second-order valence-electron chi connectivity index (χ2n) is 8.74. The van der Waals surface area contributed by atoms with Gasteiger partial charge in [-0.2, -0.15) is 4.98 Å². The van der Waals surface area contributed by atoms with Crippen molar-refractivity contribution in [3.05, 3.63) is 51.4 Å². The highest BCUT2D eigenvalue weighted by atomic mass is 35.5. The van der Waals surface area contributed by atoms with Gasteiger partial charge in [-0.1, -0.05) is 6.92 Å². The van der Waals surface area contributed by atoms with E-state index in [-0.39, 0.29) is 41.6 Å². The summed E-state index contributed by atoms with van der Waals surface area (Å²) in [5.74, 6) is -0.717. The van der Waals surface area contributed by atoms with Crippen molar-refractivity contribution in [1.29, 1.82) is 0 Å². The van der Waals surface area contributed by atoms with E-state index in [4.69, 9.17) is 21.1 Å². The van der Waals surface area contributed by atoms with Gasteiger partial charge >= 0.3 is 0 Å². The molecule has 2 aliphatic carbocycles. The first-order chi connectivity index (χ1) is 16.0. The van der Waals surface area contributed by atoms with E-state index in [1.165, 1.54) is 6.20 Å². The number of amides is 1. The molecule has 8 nitrogen and oxygen atoms in total. The highest BCUT2D eigenvalue weighted by Gasteiger charge is 2.34. The van der Waals surface area contributed by atoms with Crippen molar-refractivity contribution >= 4 is 17.5 Å². The van der Waals surface area contributed by atoms with Crippen molar-refractivity contribution in [3.8, 4) is 23.0 Å². The smallest absolute Gasteiger partial charge is 0.258 e. The summed E-state index contributed by atoms with van der Waals surface area (Å²) in [7, 11) is 0. The van der Waals surface area contributed by atoms with E-state index in [0.717, 1.165) is 29.7 Å². The number of aromatic nitrogens is 4. The second-order valence-corrected chi connectivity index (χ2v) is 9.08. The van der Waals surface area contributed by atoms with Crippen LogP contribution in [-0.2, 0) is 24.2 Å². The SMILES string of the molecule is CC1CNC(=O)c2c1[nH]c1c2CCc2cnc(Oc3nc(Cl)ncc3COC3CC3)c(F)c2-1. The molecule has 33 heavy (non-hydrogen) atoms. The quantitative estimate of drug-likeness (QED) is 0.546. The first kappa shape index (κ1) is 20.6. The molecule has 0 aromatic carbocycles. The van der Waals surface area contributed by atoms with Gasteiger partial charge in [0, 0.05) is 36.1 Å². The minimum absolute atomic E-state index is 0.0159. The van der Waals surface area contributed by atoms with Crippen molar-refractivity contribution in [2.24, 2.45) is 0 Å². The van der Waals surface area contributed by atoms with Crippen LogP contribution in [0, 0.1) is 5.82 Å². The average Bonchev–Trinajstić information content (AvgIpc) is 3.54. The van der Waals surface area contributed by atoms with Crippen molar-refractivity contribution in [2.45, 2.75) is 51.2 Å². The maximum atomic E-state index is 15.8. The summed E-state index contributed by atoms with van der Waals surface area (Å²) in [6, 6.07) is 0. The maximum absolute atomic E-state index is 15.8. The van der Waals surface area contributed by atoms with E-state index >= 15 is 4.39 Å². The van der Waals surface area contributed by atoms with Crippen molar-refractivity contribution in [3.63, 3.8) is 0 Å². The maximum Gasteiger partial charge on any atom is 0.258 e. The molecule has 3 aromatic rings. The molecule has 3 aromatic heterocycles. The van der Waals surface area contributed by atoms with Gasteiger partial charge in [-0.3, -0.25) is 4.79 Å². The summed E-state index contributed by atoms with van der Waals surface area (Å²) >= 11 is 5.97. The van der Waals surface area contributed by atoms with Crippen LogP contribution in [0.5, 0.6) is 11.8 Å². The Kier molecular flexibility index (Phi) is 4.84. The number of hydrogen-bond acceptors (Lipinski definition) is 6. The summed E-state index contributed by atoms with van der Waals surface area (Å²) in [6.07, 6.45) is 6.61. The van der Waals surface area contributed by atoms with Gasteiger partial charge in [0.1, 0.15) is 0 Å². The van der Waals surface area contributed by atoms with Gasteiger partial charge in [-0.25, -0.2) is 14.4 Å². The van der Waals surface area contributed by atoms with Crippen LogP contribution in [0.15, 0.2) is 12.4 Å². The number of H-pyrrole nitrogens is 1. The summed E-state index contributed by atoms with van der Waals surface area (Å²) in [5, 5.41) is 2.90. The average molecular weight is 470 g/mol. The number of hydrogen-bond donors (Lipinski definition) is 2. The molecule has 2 N–H and O–H groups in total. The van der Waals surface area contributed by atoms with E-state index in [1.807, 2.05) is 6.92 Å². The summed E-state index contributed by atoms with van der Waals surface area (Å²) in [6.45, 7) is 2.82. The molecular formula is C23H21ClFN5O3. The number of pyridine rings is 1. The van der Waals surface area contributed by atoms with Gasteiger partial charge < -0.3 is 19.8 Å². The summed E-state index contributed by atoms with van der Waals surface area (Å²) in [4.78, 5) is 28.2. The van der Waals surface area contributed by atoms with Crippen LogP contribution < -0.4 is 10.1 Å². The predicted molar refractivity (Wildman–Crippen MR) is 117 cm³/mol. The number of ether oxygens (including phenoxy) is 2. The van der Waals surface area contributed by atoms with Gasteiger partial charge in [0.15, 0.2) is 5.82 Å². The Morgan fingerprint density at radius 1 is 1.18 bits per heavy atom. The standard InChI is InChI=1S/C23H21ClFN5O3/c1-10-6-26-20(31)16-14-5-2-11-7-27-22(17(25)15(11)19(14)29-18(10)16)33-21-12(8-28-23(24)30-21)9-32-13-3-4-13/h7-8,10,13,29H,2-6,9H2,1H3,(H,26,31). The number of aromatic amines is 1. The normalized spacial score (nSPS) is 18.9. The molecule has 170 valence electrons. The molecule has 1 unspecified atom stereocenters. The third-order valence-electron chi connectivity index (χ3n) is 6.37. The highest BCUT2D eigenvalue weighted by Crippen LogP contribution is 2.42. The van der Waals surface area contributed by atoms with Crippen LogP contribution >= 0.6 is 11.6 Å². The number of fused-ring (bicyclic) bond motifs is 5. The Bertz CT molecular complexity index is 1290. The number of carbonyl (C=O) groups is 1. The number of rotatable bonds is 5. The molecule has 6 rings (SSSR count). The topological polar surface area (TPSA) is 102 Å². The fourth-order valence-corrected chi connectivity index (χ4v) is 4.60. The second kappa shape index (κ2) is 7.78. The Morgan fingerprint density at radius 2 is 2.03 bits per heavy atom. The minimum Gasteiger partial charge on any atom is -0.417 e. The fraction of sp³-hybridized carbons (Fsp3) is 0.391. The zero-order valence-corrected chi connectivity index (χ0v) is 18.6. The minimum atomic E-state index is -0.607. The number of nitrogens with one attached hydrogen (secondary N) is 2. The molecule has 1 atom stereocenters. The summed E-state index contributed by atoms with van der Waals surface area (Å²) < 4.78 is 27.4. The lowest BCUT2D eigenvalue weighted by atomic mass is 9.87. The Labute approximate surface area is 193 Å². The van der Waals surface area contributed by atoms with Crippen molar-refractivity contribution in [2.75, 3.05) is 6.54 Å². The molecule has 1 fully saturated rings. The largest absolute Gasteiger partial charge is 0.417 e. The number of carbonyl (C=O) groups excluding carboxylic acids is 1. The molecule has 0 bridgehead atoms. The monoisotopic (exact) mass is 469 g/mol. The molecule has 0 radical (unpaired) electrons. The van der Waals surface area contributed by atoms with Crippen LogP contribution in [0.4, 0.5) is 4.39 Å². The molecule has 0 saturated heterocycles. The van der Waals surface area contributed by atoms with Gasteiger partial charge in [0.05, 0.1) is 29.5 Å². The predicted octanol–water partition coefficient (Wildman–Crippen LogP) is 4.08. The van der Waals surface area contributed by atoms with Gasteiger partial charge in [0.25, 0.3) is 11.8 Å². The van der Waals surface area contributed by atoms with Crippen LogP contribution in [0.1, 0.15) is 58.4 Å². The van der Waals surface area contributed by atoms with Gasteiger partial charge in [-0.05, 0) is 48.4 Å². The van der Waals surface area contributed by atoms with Gasteiger partial charge in [0.2, 0.25) is 11.2 Å². The highest BCUT2D eigenvalue weighted by molar-refractivity contribution is 6.28. The number of aryl methyl sites for hydroxylation is 1. The summed E-state index contributed by atoms with van der Waals surface area (Å²) in [5.41, 5.74) is 4.64. The molecule has 3 aliphatic rings. The van der Waals surface area contributed by atoms with Crippen LogP contribution in [-0.4, -0.2) is 38.5 Å². The first-order valence-corrected chi connectivity index (χ1v) is 11.4. The lowest BCUT2D eigenvalue weighted by molar-refractivity contribution is 0.0940. The molecule has 4 heterocycles. The van der Waals surface area contributed by atoms with Crippen LogP contribution in [0.3, 0.4) is 0 Å². The first-order valence-electron chi connectivity index (χ1n) is 11.0. The zero-order valence-electron chi connectivity index (χ0n) is 17.9. The zero-order chi connectivity index (χ0) is 22.7. The van der Waals surface area contributed by atoms with Gasteiger partial charge in [-0.15, -0.1) is 0 Å². The molecule has 1 saturated carbocycles. The lowest BCUT2D eigenvalue weighted by Gasteiger charge is -2.21. The molecule has 1 amide bonds. The Hall–Kier alpha value is -3.04. The molecular weight excluding hydrogens is 449 g/mol. The Balaban J connectivity index is 1.40.